The van der Waals surface area contributed by atoms with E-state index in [1.165, 1.54) is 17.1 Å². The van der Waals surface area contributed by atoms with Crippen molar-refractivity contribution >= 4 is 33.7 Å². The molecule has 2 atom stereocenters. The van der Waals surface area contributed by atoms with Gasteiger partial charge in [0.25, 0.3) is 0 Å². The van der Waals surface area contributed by atoms with Crippen LogP contribution in [0.1, 0.15) is 30.7 Å². The zero-order valence-electron chi connectivity index (χ0n) is 16.1. The van der Waals surface area contributed by atoms with Crippen LogP contribution in [0.5, 0.6) is 0 Å². The molecular weight excluding hydrogens is 370 g/mol. The number of ether oxygens (including phenoxy) is 1. The average molecular weight is 396 g/mol. The van der Waals surface area contributed by atoms with Crippen molar-refractivity contribution in [1.82, 2.24) is 15.0 Å². The molecule has 2 saturated heterocycles. The van der Waals surface area contributed by atoms with E-state index in [1.807, 2.05) is 6.20 Å². The van der Waals surface area contributed by atoms with Gasteiger partial charge < -0.3 is 14.5 Å². The molecule has 0 amide bonds. The molecule has 0 N–H and O–H groups in total. The van der Waals surface area contributed by atoms with Crippen LogP contribution in [0.3, 0.4) is 0 Å². The SMILES string of the molecule is CC1C(c2nccs2)CCCN1c1ncnc2cc(N3CCOCC3)ccc12. The van der Waals surface area contributed by atoms with Gasteiger partial charge in [-0.15, -0.1) is 11.3 Å². The molecule has 4 heterocycles. The van der Waals surface area contributed by atoms with Crippen molar-refractivity contribution < 1.29 is 4.74 Å². The zero-order chi connectivity index (χ0) is 18.9. The summed E-state index contributed by atoms with van der Waals surface area (Å²) in [6.07, 6.45) is 5.97. The van der Waals surface area contributed by atoms with Gasteiger partial charge in [0.1, 0.15) is 12.1 Å². The van der Waals surface area contributed by atoms with Gasteiger partial charge in [-0.05, 0) is 38.0 Å². The van der Waals surface area contributed by atoms with E-state index in [2.05, 4.69) is 50.3 Å². The van der Waals surface area contributed by atoms with Gasteiger partial charge in [-0.3, -0.25) is 0 Å². The molecule has 1 aromatic carbocycles. The van der Waals surface area contributed by atoms with Crippen LogP contribution in [-0.4, -0.2) is 53.8 Å². The summed E-state index contributed by atoms with van der Waals surface area (Å²) in [4.78, 5) is 18.7. The molecule has 28 heavy (non-hydrogen) atoms. The Morgan fingerprint density at radius 1 is 1.11 bits per heavy atom. The molecule has 146 valence electrons. The third kappa shape index (κ3) is 3.22. The van der Waals surface area contributed by atoms with Gasteiger partial charge in [0.15, 0.2) is 0 Å². The maximum Gasteiger partial charge on any atom is 0.140 e. The number of hydrogen-bond donors (Lipinski definition) is 0. The lowest BCUT2D eigenvalue weighted by atomic mass is 9.90. The molecule has 2 aliphatic heterocycles. The molecule has 2 aliphatic rings. The van der Waals surface area contributed by atoms with Crippen LogP contribution in [-0.2, 0) is 4.74 Å². The Morgan fingerprint density at radius 2 is 2.00 bits per heavy atom. The highest BCUT2D eigenvalue weighted by Crippen LogP contribution is 2.37. The fourth-order valence-corrected chi connectivity index (χ4v) is 5.34. The van der Waals surface area contributed by atoms with Crippen LogP contribution in [0.2, 0.25) is 0 Å². The van der Waals surface area contributed by atoms with Crippen LogP contribution in [0.4, 0.5) is 11.5 Å². The summed E-state index contributed by atoms with van der Waals surface area (Å²) in [5.74, 6) is 1.51. The van der Waals surface area contributed by atoms with Crippen molar-refractivity contribution in [3.8, 4) is 0 Å². The Kier molecular flexibility index (Phi) is 4.86. The Hall–Kier alpha value is -2.25. The van der Waals surface area contributed by atoms with E-state index in [9.17, 15) is 0 Å². The molecule has 6 nitrogen and oxygen atoms in total. The largest absolute Gasteiger partial charge is 0.378 e. The minimum Gasteiger partial charge on any atom is -0.378 e. The summed E-state index contributed by atoms with van der Waals surface area (Å²) in [6.45, 7) is 6.78. The summed E-state index contributed by atoms with van der Waals surface area (Å²) in [7, 11) is 0. The van der Waals surface area contributed by atoms with E-state index in [4.69, 9.17) is 9.72 Å². The fourth-order valence-electron chi connectivity index (χ4n) is 4.47. The number of rotatable bonds is 3. The van der Waals surface area contributed by atoms with Crippen molar-refractivity contribution in [2.75, 3.05) is 42.6 Å². The Labute approximate surface area is 169 Å². The smallest absolute Gasteiger partial charge is 0.140 e. The van der Waals surface area contributed by atoms with Gasteiger partial charge >= 0.3 is 0 Å². The third-order valence-electron chi connectivity index (χ3n) is 6.00. The fraction of sp³-hybridized carbons (Fsp3) is 0.476. The van der Waals surface area contributed by atoms with Crippen molar-refractivity contribution in [3.63, 3.8) is 0 Å². The first kappa shape index (κ1) is 17.8. The molecule has 0 saturated carbocycles. The molecule has 7 heteroatoms. The second kappa shape index (κ2) is 7.64. The molecule has 3 aromatic rings. The van der Waals surface area contributed by atoms with Gasteiger partial charge in [-0.2, -0.15) is 0 Å². The summed E-state index contributed by atoms with van der Waals surface area (Å²) in [6, 6.07) is 6.96. The first-order valence-electron chi connectivity index (χ1n) is 10.0. The molecule has 0 aliphatic carbocycles. The van der Waals surface area contributed by atoms with Gasteiger partial charge in [0, 0.05) is 54.2 Å². The number of anilines is 2. The van der Waals surface area contributed by atoms with E-state index in [1.54, 1.807) is 17.7 Å². The molecule has 0 radical (unpaired) electrons. The van der Waals surface area contributed by atoms with E-state index < -0.39 is 0 Å². The van der Waals surface area contributed by atoms with E-state index in [0.717, 1.165) is 56.0 Å². The summed E-state index contributed by atoms with van der Waals surface area (Å²) in [5, 5.41) is 4.45. The molecule has 2 aromatic heterocycles. The zero-order valence-corrected chi connectivity index (χ0v) is 16.9. The molecule has 5 rings (SSSR count). The van der Waals surface area contributed by atoms with Crippen LogP contribution >= 0.6 is 11.3 Å². The lowest BCUT2D eigenvalue weighted by molar-refractivity contribution is 0.122. The highest BCUT2D eigenvalue weighted by Gasteiger charge is 2.32. The molecule has 2 fully saturated rings. The predicted octanol–water partition coefficient (Wildman–Crippen LogP) is 3.70. The quantitative estimate of drug-likeness (QED) is 0.674. The lowest BCUT2D eigenvalue weighted by Crippen LogP contribution is -2.43. The summed E-state index contributed by atoms with van der Waals surface area (Å²) >= 11 is 1.77. The predicted molar refractivity (Wildman–Crippen MR) is 113 cm³/mol. The van der Waals surface area contributed by atoms with Crippen molar-refractivity contribution in [2.24, 2.45) is 0 Å². The number of piperidine rings is 1. The minimum atomic E-state index is 0.372. The van der Waals surface area contributed by atoms with Crippen LogP contribution in [0.15, 0.2) is 36.1 Å². The maximum absolute atomic E-state index is 5.48. The highest BCUT2D eigenvalue weighted by atomic mass is 32.1. The average Bonchev–Trinajstić information content (AvgIpc) is 3.28. The second-order valence-corrected chi connectivity index (χ2v) is 8.48. The highest BCUT2D eigenvalue weighted by molar-refractivity contribution is 7.09. The maximum atomic E-state index is 5.48. The van der Waals surface area contributed by atoms with Crippen LogP contribution in [0.25, 0.3) is 10.9 Å². The number of morpholine rings is 1. The van der Waals surface area contributed by atoms with E-state index in [-0.39, 0.29) is 0 Å². The van der Waals surface area contributed by atoms with Crippen LogP contribution < -0.4 is 9.80 Å². The number of thiazole rings is 1. The second-order valence-electron chi connectivity index (χ2n) is 7.55. The van der Waals surface area contributed by atoms with Crippen molar-refractivity contribution in [1.29, 1.82) is 0 Å². The normalized spacial score (nSPS) is 23.3. The topological polar surface area (TPSA) is 54.4 Å². The molecule has 2 unspecified atom stereocenters. The first-order valence-corrected chi connectivity index (χ1v) is 10.9. The standard InChI is InChI=1S/C21H25N5OS/c1-15-17(21-22-6-12-28-21)3-2-7-26(15)20-18-5-4-16(13-19(18)23-14-24-20)25-8-10-27-11-9-25/h4-6,12-15,17H,2-3,7-11H2,1H3. The monoisotopic (exact) mass is 395 g/mol. The summed E-state index contributed by atoms with van der Waals surface area (Å²) < 4.78 is 5.48. The van der Waals surface area contributed by atoms with Crippen molar-refractivity contribution in [3.05, 3.63) is 41.1 Å². The third-order valence-corrected chi connectivity index (χ3v) is 6.91. The Balaban J connectivity index is 1.48. The number of nitrogens with zero attached hydrogens (tertiary/aromatic N) is 5. The first-order chi connectivity index (χ1) is 13.8. The Morgan fingerprint density at radius 3 is 2.82 bits per heavy atom. The number of fused-ring (bicyclic) bond motifs is 1. The van der Waals surface area contributed by atoms with E-state index >= 15 is 0 Å². The number of benzene rings is 1. The van der Waals surface area contributed by atoms with Crippen LogP contribution in [0, 0.1) is 0 Å². The van der Waals surface area contributed by atoms with Gasteiger partial charge in [-0.25, -0.2) is 15.0 Å². The lowest BCUT2D eigenvalue weighted by Gasteiger charge is -2.39. The summed E-state index contributed by atoms with van der Waals surface area (Å²) in [5.41, 5.74) is 2.23. The van der Waals surface area contributed by atoms with Gasteiger partial charge in [0.2, 0.25) is 0 Å². The molecular formula is C21H25N5OS. The Bertz CT molecular complexity index is 941. The number of aromatic nitrogens is 3. The van der Waals surface area contributed by atoms with Gasteiger partial charge in [-0.1, -0.05) is 0 Å². The van der Waals surface area contributed by atoms with Gasteiger partial charge in [0.05, 0.1) is 23.7 Å². The van der Waals surface area contributed by atoms with E-state index in [0.29, 0.717) is 12.0 Å². The van der Waals surface area contributed by atoms with Crippen molar-refractivity contribution in [2.45, 2.75) is 31.7 Å². The number of hydrogen-bond acceptors (Lipinski definition) is 7. The minimum absolute atomic E-state index is 0.372. The molecule has 0 spiro atoms. The molecule has 0 bridgehead atoms.